The van der Waals surface area contributed by atoms with Crippen molar-refractivity contribution in [3.05, 3.63) is 71.8 Å². The summed E-state index contributed by atoms with van der Waals surface area (Å²) < 4.78 is 20.6. The van der Waals surface area contributed by atoms with Gasteiger partial charge in [-0.15, -0.1) is 0 Å². The van der Waals surface area contributed by atoms with E-state index in [1.807, 2.05) is 25.1 Å². The van der Waals surface area contributed by atoms with Gasteiger partial charge in [-0.3, -0.25) is 19.4 Å². The third-order valence-corrected chi connectivity index (χ3v) is 6.15. The average Bonchev–Trinajstić information content (AvgIpc) is 2.89. The number of ether oxygens (including phenoxy) is 1. The minimum atomic E-state index is -0.862. The molecule has 1 aliphatic heterocycles. The maximum Gasteiger partial charge on any atom is 0.270 e. The Bertz CT molecular complexity index is 1270. The van der Waals surface area contributed by atoms with Crippen molar-refractivity contribution in [1.29, 1.82) is 0 Å². The Morgan fingerprint density at radius 2 is 1.86 bits per heavy atom. The van der Waals surface area contributed by atoms with Gasteiger partial charge in [0.15, 0.2) is 6.10 Å². The number of nitrogens with zero attached hydrogens (tertiary/aromatic N) is 3. The van der Waals surface area contributed by atoms with E-state index in [0.717, 1.165) is 0 Å². The molecule has 3 amide bonds. The first-order valence-corrected chi connectivity index (χ1v) is 11.4. The normalized spacial score (nSPS) is 16.6. The Hall–Kier alpha value is -4.01. The number of pyridine rings is 1. The molecule has 1 aliphatic rings. The summed E-state index contributed by atoms with van der Waals surface area (Å²) in [6.45, 7) is 4.72. The molecule has 1 saturated heterocycles. The number of amides is 3. The molecule has 8 nitrogen and oxygen atoms in total. The second-order valence-corrected chi connectivity index (χ2v) is 8.46. The molecule has 0 aliphatic carbocycles. The van der Waals surface area contributed by atoms with Crippen LogP contribution in [0.2, 0.25) is 0 Å². The number of carbonyl (C=O) groups is 3. The van der Waals surface area contributed by atoms with Gasteiger partial charge in [-0.25, -0.2) is 4.39 Å². The molecule has 0 bridgehead atoms. The molecule has 3 aromatic rings. The monoisotopic (exact) mass is 478 g/mol. The summed E-state index contributed by atoms with van der Waals surface area (Å²) in [4.78, 5) is 45.6. The number of halogens is 1. The average molecular weight is 479 g/mol. The largest absolute Gasteiger partial charge is 0.480 e. The first-order valence-electron chi connectivity index (χ1n) is 11.4. The smallest absolute Gasteiger partial charge is 0.270 e. The maximum absolute atomic E-state index is 14.6. The molecule has 1 aromatic heterocycles. The lowest BCUT2D eigenvalue weighted by Gasteiger charge is -2.40. The van der Waals surface area contributed by atoms with Crippen LogP contribution in [0.5, 0.6) is 5.75 Å². The number of piperazine rings is 1. The van der Waals surface area contributed by atoms with Gasteiger partial charge in [0, 0.05) is 49.9 Å². The molecule has 2 atom stereocenters. The number of nitrogens with one attached hydrogen (secondary N) is 1. The minimum absolute atomic E-state index is 0.0328. The predicted molar refractivity (Wildman–Crippen MR) is 129 cm³/mol. The molecule has 1 N–H and O–H groups in total. The second kappa shape index (κ2) is 10.1. The van der Waals surface area contributed by atoms with Crippen LogP contribution >= 0.6 is 0 Å². The SMILES string of the molecule is CNC(=O)c1nccc2c(OC(C)C(=O)N3CCN(C(=O)c4ccccc4)CC3C)ccc(F)c12. The number of fused-ring (bicyclic) bond motifs is 1. The first kappa shape index (κ1) is 24.1. The lowest BCUT2D eigenvalue weighted by atomic mass is 10.1. The summed E-state index contributed by atoms with van der Waals surface area (Å²) >= 11 is 0. The molecule has 4 rings (SSSR count). The van der Waals surface area contributed by atoms with Gasteiger partial charge in [0.25, 0.3) is 17.7 Å². The Morgan fingerprint density at radius 1 is 1.11 bits per heavy atom. The Labute approximate surface area is 202 Å². The fourth-order valence-electron chi connectivity index (χ4n) is 4.33. The summed E-state index contributed by atoms with van der Waals surface area (Å²) in [7, 11) is 1.44. The van der Waals surface area contributed by atoms with Crippen LogP contribution in [0, 0.1) is 5.82 Å². The zero-order valence-electron chi connectivity index (χ0n) is 19.8. The molecule has 0 radical (unpaired) electrons. The number of benzene rings is 2. The molecule has 0 spiro atoms. The molecular formula is C26H27FN4O4. The molecule has 2 unspecified atom stereocenters. The Kier molecular flexibility index (Phi) is 6.95. The molecule has 0 saturated carbocycles. The van der Waals surface area contributed by atoms with Gasteiger partial charge < -0.3 is 19.9 Å². The summed E-state index contributed by atoms with van der Waals surface area (Å²) in [5.74, 6) is -1.15. The number of carbonyl (C=O) groups excluding carboxylic acids is 3. The highest BCUT2D eigenvalue weighted by Crippen LogP contribution is 2.30. The van der Waals surface area contributed by atoms with Gasteiger partial charge in [-0.1, -0.05) is 18.2 Å². The van der Waals surface area contributed by atoms with Gasteiger partial charge in [-0.2, -0.15) is 0 Å². The van der Waals surface area contributed by atoms with Gasteiger partial charge >= 0.3 is 0 Å². The topological polar surface area (TPSA) is 91.8 Å². The standard InChI is InChI=1S/C26H27FN4O4/c1-16-15-30(26(34)18-7-5-4-6-8-18)13-14-31(16)25(33)17(2)35-21-10-9-20(27)22-19(21)11-12-29-23(22)24(32)28-3/h4-12,16-17H,13-15H2,1-3H3,(H,28,32). The fourth-order valence-corrected chi connectivity index (χ4v) is 4.33. The van der Waals surface area contributed by atoms with Gasteiger partial charge in [0.05, 0.1) is 5.39 Å². The quantitative estimate of drug-likeness (QED) is 0.609. The summed E-state index contributed by atoms with van der Waals surface area (Å²) in [5.41, 5.74) is 0.560. The van der Waals surface area contributed by atoms with Crippen molar-refractivity contribution >= 4 is 28.5 Å². The van der Waals surface area contributed by atoms with Crippen LogP contribution < -0.4 is 10.1 Å². The van der Waals surface area contributed by atoms with E-state index in [-0.39, 0.29) is 34.7 Å². The molecular weight excluding hydrogens is 451 g/mol. The molecule has 2 heterocycles. The zero-order chi connectivity index (χ0) is 25.1. The Balaban J connectivity index is 1.49. The molecule has 1 fully saturated rings. The highest BCUT2D eigenvalue weighted by Gasteiger charge is 2.33. The maximum atomic E-state index is 14.6. The van der Waals surface area contributed by atoms with E-state index in [2.05, 4.69) is 10.3 Å². The number of hydrogen-bond donors (Lipinski definition) is 1. The minimum Gasteiger partial charge on any atom is -0.480 e. The van der Waals surface area contributed by atoms with Crippen LogP contribution in [0.25, 0.3) is 10.8 Å². The third-order valence-electron chi connectivity index (χ3n) is 6.15. The van der Waals surface area contributed by atoms with Crippen molar-refractivity contribution in [3.8, 4) is 5.75 Å². The second-order valence-electron chi connectivity index (χ2n) is 8.46. The molecule has 182 valence electrons. The predicted octanol–water partition coefficient (Wildman–Crippen LogP) is 2.87. The molecule has 2 aromatic carbocycles. The number of rotatable bonds is 5. The highest BCUT2D eigenvalue weighted by molar-refractivity contribution is 6.06. The van der Waals surface area contributed by atoms with E-state index in [4.69, 9.17) is 4.74 Å². The van der Waals surface area contributed by atoms with Gasteiger partial charge in [0.2, 0.25) is 0 Å². The highest BCUT2D eigenvalue weighted by atomic mass is 19.1. The van der Waals surface area contributed by atoms with Crippen LogP contribution in [-0.4, -0.2) is 71.3 Å². The summed E-state index contributed by atoms with van der Waals surface area (Å²) in [6, 6.07) is 13.0. The van der Waals surface area contributed by atoms with Gasteiger partial charge in [-0.05, 0) is 44.2 Å². The van der Waals surface area contributed by atoms with Crippen molar-refractivity contribution < 1.29 is 23.5 Å². The lowest BCUT2D eigenvalue weighted by Crippen LogP contribution is -2.57. The van der Waals surface area contributed by atoms with E-state index < -0.39 is 17.8 Å². The lowest BCUT2D eigenvalue weighted by molar-refractivity contribution is -0.142. The van der Waals surface area contributed by atoms with Crippen molar-refractivity contribution in [2.45, 2.75) is 26.0 Å². The van der Waals surface area contributed by atoms with E-state index >= 15 is 0 Å². The molecule has 9 heteroatoms. The number of hydrogen-bond acceptors (Lipinski definition) is 5. The van der Waals surface area contributed by atoms with Crippen LogP contribution in [0.1, 0.15) is 34.7 Å². The van der Waals surface area contributed by atoms with Crippen molar-refractivity contribution in [1.82, 2.24) is 20.1 Å². The van der Waals surface area contributed by atoms with Crippen molar-refractivity contribution in [2.24, 2.45) is 0 Å². The van der Waals surface area contributed by atoms with Crippen LogP contribution in [0.15, 0.2) is 54.7 Å². The van der Waals surface area contributed by atoms with Crippen LogP contribution in [0.3, 0.4) is 0 Å². The van der Waals surface area contributed by atoms with E-state index in [1.165, 1.54) is 25.4 Å². The molecule has 35 heavy (non-hydrogen) atoms. The van der Waals surface area contributed by atoms with Crippen molar-refractivity contribution in [2.75, 3.05) is 26.7 Å². The summed E-state index contributed by atoms with van der Waals surface area (Å²) in [6.07, 6.45) is 0.538. The van der Waals surface area contributed by atoms with E-state index in [0.29, 0.717) is 30.6 Å². The number of aromatic nitrogens is 1. The first-order chi connectivity index (χ1) is 16.8. The zero-order valence-corrected chi connectivity index (χ0v) is 19.8. The third kappa shape index (κ3) is 4.80. The Morgan fingerprint density at radius 3 is 2.54 bits per heavy atom. The fraction of sp³-hybridized carbons (Fsp3) is 0.308. The van der Waals surface area contributed by atoms with Crippen molar-refractivity contribution in [3.63, 3.8) is 0 Å². The van der Waals surface area contributed by atoms with E-state index in [9.17, 15) is 18.8 Å². The van der Waals surface area contributed by atoms with Crippen LogP contribution in [-0.2, 0) is 4.79 Å². The van der Waals surface area contributed by atoms with Gasteiger partial charge in [0.1, 0.15) is 17.3 Å². The van der Waals surface area contributed by atoms with Crippen LogP contribution in [0.4, 0.5) is 4.39 Å². The summed E-state index contributed by atoms with van der Waals surface area (Å²) in [5, 5.41) is 2.84. The van der Waals surface area contributed by atoms with E-state index in [1.54, 1.807) is 34.9 Å².